The van der Waals surface area contributed by atoms with Crippen molar-refractivity contribution < 1.29 is 22.3 Å². The Kier molecular flexibility index (Phi) is 4.93. The second-order valence-corrected chi connectivity index (χ2v) is 9.27. The molecule has 144 valence electrons. The first kappa shape index (κ1) is 20.0. The average molecular weight is 386 g/mol. The zero-order chi connectivity index (χ0) is 19.9. The lowest BCUT2D eigenvalue weighted by Crippen LogP contribution is -2.54. The molecule has 0 aliphatic carbocycles. The van der Waals surface area contributed by atoms with Crippen LogP contribution < -0.4 is 11.1 Å². The fourth-order valence-corrected chi connectivity index (χ4v) is 4.00. The van der Waals surface area contributed by atoms with E-state index in [1.165, 1.54) is 32.2 Å². The van der Waals surface area contributed by atoms with E-state index in [9.17, 15) is 17.6 Å². The number of sulfonamides is 1. The van der Waals surface area contributed by atoms with Gasteiger partial charge in [-0.3, -0.25) is 5.32 Å². The summed E-state index contributed by atoms with van der Waals surface area (Å²) in [6.45, 7) is 6.47. The van der Waals surface area contributed by atoms with Crippen LogP contribution in [-0.2, 0) is 20.3 Å². The number of nitrogens with one attached hydrogen (secondary N) is 1. The standard InChI is InChI=1S/C16H23FN4O4S/c1-15(2,3)25-14(22)19-13-20-16(4,9-26(23,24)21(13)5)10-7-6-8-11(18)12(10)17/h6-8H,9,18H2,1-5H3,(H,19,20,22)/t16-/m0/s1. The van der Waals surface area contributed by atoms with Gasteiger partial charge in [0.05, 0.1) is 11.4 Å². The van der Waals surface area contributed by atoms with Crippen LogP contribution in [0, 0.1) is 5.82 Å². The van der Waals surface area contributed by atoms with Gasteiger partial charge in [-0.1, -0.05) is 12.1 Å². The minimum absolute atomic E-state index is 0.0256. The molecule has 1 aliphatic rings. The fraction of sp³-hybridized carbons (Fsp3) is 0.500. The Morgan fingerprint density at radius 3 is 2.62 bits per heavy atom. The number of carbonyl (C=O) groups is 1. The van der Waals surface area contributed by atoms with E-state index in [-0.39, 0.29) is 17.2 Å². The molecule has 3 N–H and O–H groups in total. The normalized spacial score (nSPS) is 22.5. The summed E-state index contributed by atoms with van der Waals surface area (Å²) in [5.41, 5.74) is 3.26. The van der Waals surface area contributed by atoms with Gasteiger partial charge < -0.3 is 10.5 Å². The highest BCUT2D eigenvalue weighted by molar-refractivity contribution is 7.89. The number of hydrogen-bond acceptors (Lipinski definition) is 6. The lowest BCUT2D eigenvalue weighted by molar-refractivity contribution is 0.0559. The van der Waals surface area contributed by atoms with Crippen LogP contribution in [0.25, 0.3) is 0 Å². The molecule has 0 spiro atoms. The second kappa shape index (κ2) is 6.42. The number of ether oxygens (including phenoxy) is 1. The van der Waals surface area contributed by atoms with Crippen molar-refractivity contribution in [1.82, 2.24) is 9.62 Å². The van der Waals surface area contributed by atoms with E-state index in [1.54, 1.807) is 20.8 Å². The highest BCUT2D eigenvalue weighted by Gasteiger charge is 2.43. The van der Waals surface area contributed by atoms with Crippen molar-refractivity contribution in [3.8, 4) is 0 Å². The first-order valence-corrected chi connectivity index (χ1v) is 9.47. The molecule has 2 rings (SSSR count). The van der Waals surface area contributed by atoms with Crippen LogP contribution in [0.2, 0.25) is 0 Å². The van der Waals surface area contributed by atoms with Crippen molar-refractivity contribution >= 4 is 27.8 Å². The van der Waals surface area contributed by atoms with Crippen LogP contribution in [-0.4, -0.2) is 43.2 Å². The average Bonchev–Trinajstić information content (AvgIpc) is 2.44. The number of alkyl carbamates (subject to hydrolysis) is 1. The van der Waals surface area contributed by atoms with Crippen molar-refractivity contribution in [2.45, 2.75) is 38.8 Å². The van der Waals surface area contributed by atoms with E-state index in [1.807, 2.05) is 0 Å². The van der Waals surface area contributed by atoms with Crippen molar-refractivity contribution in [1.29, 1.82) is 0 Å². The number of nitrogens with zero attached hydrogens (tertiary/aromatic N) is 2. The highest BCUT2D eigenvalue weighted by atomic mass is 32.2. The van der Waals surface area contributed by atoms with Gasteiger partial charge in [-0.05, 0) is 33.8 Å². The third kappa shape index (κ3) is 4.06. The Labute approximate surface area is 152 Å². The molecule has 26 heavy (non-hydrogen) atoms. The van der Waals surface area contributed by atoms with Gasteiger partial charge in [0.1, 0.15) is 11.1 Å². The number of anilines is 1. The Morgan fingerprint density at radius 2 is 2.04 bits per heavy atom. The molecule has 0 bridgehead atoms. The minimum Gasteiger partial charge on any atom is -0.444 e. The lowest BCUT2D eigenvalue weighted by atomic mass is 9.93. The predicted octanol–water partition coefficient (Wildman–Crippen LogP) is 1.78. The Hall–Kier alpha value is -2.36. The quantitative estimate of drug-likeness (QED) is 0.714. The number of aliphatic imine (C=N–C) groups is 1. The van der Waals surface area contributed by atoms with Gasteiger partial charge in [-0.15, -0.1) is 0 Å². The van der Waals surface area contributed by atoms with E-state index in [0.717, 1.165) is 4.31 Å². The summed E-state index contributed by atoms with van der Waals surface area (Å²) in [5, 5.41) is 2.32. The number of benzene rings is 1. The number of nitrogens with two attached hydrogens (primary N) is 1. The molecule has 0 aromatic heterocycles. The Morgan fingerprint density at radius 1 is 1.42 bits per heavy atom. The van der Waals surface area contributed by atoms with Crippen LogP contribution in [0.5, 0.6) is 0 Å². The molecule has 1 atom stereocenters. The zero-order valence-corrected chi connectivity index (χ0v) is 16.1. The number of hydrogen-bond donors (Lipinski definition) is 2. The van der Waals surface area contributed by atoms with Crippen molar-refractivity contribution in [3.63, 3.8) is 0 Å². The summed E-state index contributed by atoms with van der Waals surface area (Å²) in [7, 11) is -2.61. The summed E-state index contributed by atoms with van der Waals surface area (Å²) in [5.74, 6) is -1.47. The topological polar surface area (TPSA) is 114 Å². The molecule has 8 nitrogen and oxygen atoms in total. The molecule has 1 amide bonds. The van der Waals surface area contributed by atoms with Gasteiger partial charge in [-0.2, -0.15) is 0 Å². The number of nitrogen functional groups attached to an aromatic ring is 1. The van der Waals surface area contributed by atoms with Crippen LogP contribution in [0.3, 0.4) is 0 Å². The molecule has 0 saturated carbocycles. The molecular weight excluding hydrogens is 363 g/mol. The molecule has 1 aliphatic heterocycles. The summed E-state index contributed by atoms with van der Waals surface area (Å²) in [4.78, 5) is 16.3. The predicted molar refractivity (Wildman–Crippen MR) is 96.5 cm³/mol. The second-order valence-electron chi connectivity index (χ2n) is 7.27. The maximum absolute atomic E-state index is 14.5. The van der Waals surface area contributed by atoms with Gasteiger partial charge in [0.25, 0.3) is 0 Å². The SMILES string of the molecule is CN1C(NC(=O)OC(C)(C)C)=N[C@](C)(c2cccc(N)c2F)CS1(=O)=O. The first-order valence-electron chi connectivity index (χ1n) is 7.86. The third-order valence-electron chi connectivity index (χ3n) is 3.75. The van der Waals surface area contributed by atoms with E-state index in [2.05, 4.69) is 10.3 Å². The molecular formula is C16H23FN4O4S. The molecule has 0 unspecified atom stereocenters. The van der Waals surface area contributed by atoms with Crippen molar-refractivity contribution in [2.75, 3.05) is 18.5 Å². The van der Waals surface area contributed by atoms with Gasteiger partial charge in [0, 0.05) is 12.6 Å². The number of carbonyl (C=O) groups excluding carboxylic acids is 1. The molecule has 1 aromatic rings. The molecule has 10 heteroatoms. The zero-order valence-electron chi connectivity index (χ0n) is 15.3. The van der Waals surface area contributed by atoms with E-state index in [0.29, 0.717) is 0 Å². The van der Waals surface area contributed by atoms with E-state index in [4.69, 9.17) is 10.5 Å². The van der Waals surface area contributed by atoms with E-state index < -0.39 is 38.8 Å². The Balaban J connectivity index is 2.49. The molecule has 0 fully saturated rings. The largest absolute Gasteiger partial charge is 0.444 e. The van der Waals surface area contributed by atoms with Crippen LogP contribution in [0.15, 0.2) is 23.2 Å². The van der Waals surface area contributed by atoms with E-state index >= 15 is 0 Å². The lowest BCUT2D eigenvalue weighted by Gasteiger charge is -2.36. The summed E-state index contributed by atoms with van der Waals surface area (Å²) >= 11 is 0. The number of amides is 1. The maximum atomic E-state index is 14.5. The smallest absolute Gasteiger partial charge is 0.414 e. The molecule has 1 aromatic carbocycles. The fourth-order valence-electron chi connectivity index (χ4n) is 2.53. The number of rotatable bonds is 1. The highest BCUT2D eigenvalue weighted by Crippen LogP contribution is 2.35. The molecule has 1 heterocycles. The number of guanidine groups is 1. The van der Waals surface area contributed by atoms with Gasteiger partial charge in [0.15, 0.2) is 5.82 Å². The molecule has 0 saturated heterocycles. The Bertz CT molecular complexity index is 863. The van der Waals surface area contributed by atoms with Crippen molar-refractivity contribution in [2.24, 2.45) is 4.99 Å². The number of halogens is 1. The summed E-state index contributed by atoms with van der Waals surface area (Å²) in [6.07, 6.45) is -0.865. The minimum atomic E-state index is -3.86. The van der Waals surface area contributed by atoms with Crippen LogP contribution in [0.1, 0.15) is 33.3 Å². The van der Waals surface area contributed by atoms with Crippen LogP contribution >= 0.6 is 0 Å². The van der Waals surface area contributed by atoms with Crippen molar-refractivity contribution in [3.05, 3.63) is 29.6 Å². The third-order valence-corrected chi connectivity index (χ3v) is 5.69. The van der Waals surface area contributed by atoms with Gasteiger partial charge in [0.2, 0.25) is 16.0 Å². The van der Waals surface area contributed by atoms with Gasteiger partial charge >= 0.3 is 6.09 Å². The van der Waals surface area contributed by atoms with Crippen LogP contribution in [0.4, 0.5) is 14.9 Å². The monoisotopic (exact) mass is 386 g/mol. The summed E-state index contributed by atoms with van der Waals surface area (Å²) in [6, 6.07) is 4.30. The maximum Gasteiger partial charge on any atom is 0.414 e. The van der Waals surface area contributed by atoms with Gasteiger partial charge in [-0.25, -0.2) is 26.9 Å². The molecule has 0 radical (unpaired) electrons. The summed E-state index contributed by atoms with van der Waals surface area (Å²) < 4.78 is 45.5. The first-order chi connectivity index (χ1) is 11.8.